The third-order valence-electron chi connectivity index (χ3n) is 5.76. The smallest absolute Gasteiger partial charge is 0.354 e. The average Bonchev–Trinajstić information content (AvgIpc) is 2.99. The Hall–Kier alpha value is -1.62. The number of β-lactam (4-membered cyclic amide) rings is 1. The minimum absolute atomic E-state index is 0.0341. The van der Waals surface area contributed by atoms with Crippen LogP contribution in [0, 0.1) is 11.3 Å². The number of ketones is 1. The van der Waals surface area contributed by atoms with Gasteiger partial charge in [0.05, 0.1) is 21.5 Å². The number of nitrogens with zero attached hydrogens (tertiary/aromatic N) is 2. The molecule has 0 radical (unpaired) electrons. The van der Waals surface area contributed by atoms with Crippen LogP contribution >= 0.6 is 23.5 Å². The molecule has 0 unspecified atom stereocenters. The van der Waals surface area contributed by atoms with Crippen molar-refractivity contribution < 1.29 is 23.9 Å². The van der Waals surface area contributed by atoms with Gasteiger partial charge < -0.3 is 9.53 Å². The summed E-state index contributed by atoms with van der Waals surface area (Å²) in [5.41, 5.74) is -0.728. The summed E-state index contributed by atoms with van der Waals surface area (Å²) in [7, 11) is -1.48. The molecular weight excluding hydrogens is 452 g/mol. The second kappa shape index (κ2) is 8.72. The number of hydrogen-bond acceptors (Lipinski definition) is 7. The second-order valence-electron chi connectivity index (χ2n) is 9.09. The van der Waals surface area contributed by atoms with E-state index in [9.17, 15) is 19.5 Å². The molecule has 3 heterocycles. The lowest BCUT2D eigenvalue weighted by atomic mass is 9.66. The highest BCUT2D eigenvalue weighted by molar-refractivity contribution is 8.23. The van der Waals surface area contributed by atoms with Crippen molar-refractivity contribution in [3.63, 3.8) is 0 Å². The van der Waals surface area contributed by atoms with Gasteiger partial charge in [0.2, 0.25) is 5.91 Å². The summed E-state index contributed by atoms with van der Waals surface area (Å²) in [5.74, 6) is -1.97. The number of carboxylic acid groups (broad SMARTS) is 1. The van der Waals surface area contributed by atoms with Gasteiger partial charge in [0, 0.05) is 6.20 Å². The van der Waals surface area contributed by atoms with Gasteiger partial charge >= 0.3 is 5.97 Å². The van der Waals surface area contributed by atoms with Crippen LogP contribution in [0.4, 0.5) is 0 Å². The number of aromatic nitrogens is 1. The normalized spacial score (nSPS) is 22.9. The van der Waals surface area contributed by atoms with Gasteiger partial charge in [0.1, 0.15) is 11.1 Å². The van der Waals surface area contributed by atoms with E-state index in [0.29, 0.717) is 9.93 Å². The Morgan fingerprint density at radius 3 is 2.48 bits per heavy atom. The zero-order chi connectivity index (χ0) is 23.1. The van der Waals surface area contributed by atoms with Crippen LogP contribution in [0.2, 0.25) is 13.1 Å². The molecule has 0 spiro atoms. The Balaban J connectivity index is 1.83. The molecule has 7 nitrogen and oxygen atoms in total. The Kier molecular flexibility index (Phi) is 6.76. The van der Waals surface area contributed by atoms with Crippen molar-refractivity contribution in [1.29, 1.82) is 0 Å². The minimum atomic E-state index is -1.48. The standard InChI is InChI=1S/C21H28N2O5S2Si/c1-20(2,3)21(4,28-31(5)6)14-16(25)23-15(18(26)27)19(30-17(14)23)29-11-13(24)12-9-7-8-10-22-12/h7-10,14,17,31H,11H2,1-6H3,(H,26,27)/t14-,17-,21+/m1/s1. The van der Waals surface area contributed by atoms with Crippen molar-refractivity contribution in [2.24, 2.45) is 11.3 Å². The quantitative estimate of drug-likeness (QED) is 0.343. The number of hydrogen-bond donors (Lipinski definition) is 1. The summed E-state index contributed by atoms with van der Waals surface area (Å²) in [6, 6.07) is 5.09. The van der Waals surface area contributed by atoms with Gasteiger partial charge in [0.15, 0.2) is 20.5 Å². The third kappa shape index (κ3) is 4.35. The molecule has 1 N–H and O–H groups in total. The van der Waals surface area contributed by atoms with Crippen molar-refractivity contribution in [3.05, 3.63) is 40.0 Å². The molecule has 0 bridgehead atoms. The number of thioether (sulfide) groups is 2. The van der Waals surface area contributed by atoms with Crippen molar-refractivity contribution >= 4 is 50.2 Å². The van der Waals surface area contributed by atoms with Crippen LogP contribution in [0.1, 0.15) is 38.2 Å². The first kappa shape index (κ1) is 24.0. The molecule has 2 aliphatic rings. The van der Waals surface area contributed by atoms with Gasteiger partial charge in [-0.2, -0.15) is 0 Å². The number of Topliss-reactive ketones (excluding diaryl/α,β-unsaturated/α-hetero) is 1. The molecule has 1 saturated heterocycles. The van der Waals surface area contributed by atoms with Crippen LogP contribution < -0.4 is 0 Å². The summed E-state index contributed by atoms with van der Waals surface area (Å²) in [6.45, 7) is 12.2. The Morgan fingerprint density at radius 1 is 1.29 bits per heavy atom. The van der Waals surface area contributed by atoms with E-state index in [0.717, 1.165) is 11.8 Å². The number of carbonyl (C=O) groups excluding carboxylic acids is 2. The molecule has 1 amide bonds. The molecule has 1 aromatic heterocycles. The molecule has 1 aromatic rings. The fraction of sp³-hybridized carbons (Fsp3) is 0.524. The number of fused-ring (bicyclic) bond motifs is 1. The van der Waals surface area contributed by atoms with E-state index in [1.807, 2.05) is 27.7 Å². The topological polar surface area (TPSA) is 96.8 Å². The minimum Gasteiger partial charge on any atom is -0.477 e. The number of rotatable bonds is 8. The van der Waals surface area contributed by atoms with Gasteiger partial charge in [-0.15, -0.1) is 11.8 Å². The first-order chi connectivity index (χ1) is 14.4. The Morgan fingerprint density at radius 2 is 1.97 bits per heavy atom. The maximum atomic E-state index is 13.2. The van der Waals surface area contributed by atoms with Crippen molar-refractivity contribution in [2.45, 2.75) is 51.8 Å². The van der Waals surface area contributed by atoms with E-state index in [2.05, 4.69) is 18.1 Å². The first-order valence-corrected chi connectivity index (χ1v) is 14.7. The molecule has 10 heteroatoms. The number of amides is 1. The van der Waals surface area contributed by atoms with Crippen molar-refractivity contribution in [3.8, 4) is 0 Å². The molecule has 0 saturated carbocycles. The molecule has 2 aliphatic heterocycles. The summed E-state index contributed by atoms with van der Waals surface area (Å²) < 4.78 is 6.90. The van der Waals surface area contributed by atoms with Crippen LogP contribution in [-0.4, -0.2) is 58.4 Å². The predicted molar refractivity (Wildman–Crippen MR) is 125 cm³/mol. The van der Waals surface area contributed by atoms with E-state index in [-0.39, 0.29) is 33.9 Å². The lowest BCUT2D eigenvalue weighted by Gasteiger charge is -2.56. The maximum absolute atomic E-state index is 13.2. The fourth-order valence-corrected chi connectivity index (χ4v) is 8.13. The summed E-state index contributed by atoms with van der Waals surface area (Å²) in [5, 5.41) is 9.46. The molecule has 168 valence electrons. The zero-order valence-electron chi connectivity index (χ0n) is 18.5. The van der Waals surface area contributed by atoms with Gasteiger partial charge in [0.25, 0.3) is 0 Å². The van der Waals surface area contributed by atoms with Crippen LogP contribution in [0.3, 0.4) is 0 Å². The Bertz CT molecular complexity index is 931. The molecule has 0 aliphatic carbocycles. The number of pyridine rings is 1. The van der Waals surface area contributed by atoms with Gasteiger partial charge in [-0.3, -0.25) is 19.5 Å². The monoisotopic (exact) mass is 480 g/mol. The highest BCUT2D eigenvalue weighted by Crippen LogP contribution is 2.58. The molecule has 31 heavy (non-hydrogen) atoms. The maximum Gasteiger partial charge on any atom is 0.354 e. The zero-order valence-corrected chi connectivity index (χ0v) is 21.3. The lowest BCUT2D eigenvalue weighted by molar-refractivity contribution is -0.173. The van der Waals surface area contributed by atoms with E-state index >= 15 is 0 Å². The summed E-state index contributed by atoms with van der Waals surface area (Å²) in [6.07, 6.45) is 1.55. The molecule has 3 rings (SSSR count). The van der Waals surface area contributed by atoms with Crippen LogP contribution in [0.25, 0.3) is 0 Å². The average molecular weight is 481 g/mol. The molecule has 0 aromatic carbocycles. The van der Waals surface area contributed by atoms with E-state index < -0.39 is 26.5 Å². The largest absolute Gasteiger partial charge is 0.477 e. The SMILES string of the molecule is C[SiH](C)O[C@@](C)([C@@H]1C(=O)N2C(C(=O)O)=C(SCC(=O)c3ccccn3)S[C@H]12)C(C)(C)C. The van der Waals surface area contributed by atoms with Gasteiger partial charge in [-0.25, -0.2) is 4.79 Å². The summed E-state index contributed by atoms with van der Waals surface area (Å²) >= 11 is 2.50. The molecule has 1 fully saturated rings. The van der Waals surface area contributed by atoms with Crippen molar-refractivity contribution in [2.75, 3.05) is 5.75 Å². The first-order valence-electron chi connectivity index (χ1n) is 10.1. The second-order valence-corrected chi connectivity index (χ2v) is 13.8. The van der Waals surface area contributed by atoms with Gasteiger partial charge in [-0.05, 0) is 37.6 Å². The number of carbonyl (C=O) groups is 3. The van der Waals surface area contributed by atoms with Crippen LogP contribution in [-0.2, 0) is 14.0 Å². The number of aliphatic carboxylic acids is 1. The third-order valence-corrected chi connectivity index (χ3v) is 9.35. The van der Waals surface area contributed by atoms with E-state index in [1.54, 1.807) is 24.4 Å². The lowest BCUT2D eigenvalue weighted by Crippen LogP contribution is -2.69. The van der Waals surface area contributed by atoms with Crippen LogP contribution in [0.5, 0.6) is 0 Å². The highest BCUT2D eigenvalue weighted by Gasteiger charge is 2.65. The highest BCUT2D eigenvalue weighted by atomic mass is 32.2. The van der Waals surface area contributed by atoms with Gasteiger partial charge in [-0.1, -0.05) is 38.6 Å². The Labute approximate surface area is 192 Å². The predicted octanol–water partition coefficient (Wildman–Crippen LogP) is 3.59. The molecule has 3 atom stereocenters. The fourth-order valence-electron chi connectivity index (χ4n) is 3.83. The van der Waals surface area contributed by atoms with Crippen LogP contribution in [0.15, 0.2) is 34.3 Å². The number of carboxylic acids is 1. The van der Waals surface area contributed by atoms with E-state index in [4.69, 9.17) is 4.43 Å². The van der Waals surface area contributed by atoms with E-state index in [1.165, 1.54) is 16.7 Å². The van der Waals surface area contributed by atoms with Crippen molar-refractivity contribution in [1.82, 2.24) is 9.88 Å². The molecular formula is C21H28N2O5S2Si. The summed E-state index contributed by atoms with van der Waals surface area (Å²) in [4.78, 5) is 43.0.